The Bertz CT molecular complexity index is 486. The van der Waals surface area contributed by atoms with Gasteiger partial charge in [0.15, 0.2) is 0 Å². The third-order valence-corrected chi connectivity index (χ3v) is 2.39. The van der Waals surface area contributed by atoms with Gasteiger partial charge in [0.25, 0.3) is 6.43 Å². The summed E-state index contributed by atoms with van der Waals surface area (Å²) in [7, 11) is 1.67. The molecule has 16 heavy (non-hydrogen) atoms. The van der Waals surface area contributed by atoms with Crippen LogP contribution in [0.2, 0.25) is 0 Å². The van der Waals surface area contributed by atoms with Crippen LogP contribution in [0.25, 0.3) is 11.3 Å². The van der Waals surface area contributed by atoms with Gasteiger partial charge < -0.3 is 5.73 Å². The van der Waals surface area contributed by atoms with Gasteiger partial charge in [-0.05, 0) is 0 Å². The van der Waals surface area contributed by atoms with Gasteiger partial charge in [-0.25, -0.2) is 8.78 Å². The molecule has 0 aliphatic rings. The van der Waals surface area contributed by atoms with Gasteiger partial charge in [0.1, 0.15) is 5.82 Å². The van der Waals surface area contributed by atoms with Crippen molar-refractivity contribution in [2.45, 2.75) is 6.43 Å². The minimum Gasteiger partial charge on any atom is -0.384 e. The molecule has 2 N–H and O–H groups in total. The van der Waals surface area contributed by atoms with Gasteiger partial charge in [-0.2, -0.15) is 5.10 Å². The van der Waals surface area contributed by atoms with E-state index >= 15 is 0 Å². The summed E-state index contributed by atoms with van der Waals surface area (Å²) < 4.78 is 27.0. The highest BCUT2D eigenvalue weighted by Gasteiger charge is 2.15. The maximum absolute atomic E-state index is 12.8. The van der Waals surface area contributed by atoms with Crippen LogP contribution in [0.5, 0.6) is 0 Å². The van der Waals surface area contributed by atoms with Crippen LogP contribution in [-0.2, 0) is 7.05 Å². The first-order valence-corrected chi connectivity index (χ1v) is 4.76. The van der Waals surface area contributed by atoms with Gasteiger partial charge in [0.2, 0.25) is 0 Å². The zero-order valence-corrected chi connectivity index (χ0v) is 8.69. The SMILES string of the molecule is Cn1nc(-c2ccccc2C(F)F)cc1N. The highest BCUT2D eigenvalue weighted by atomic mass is 19.3. The van der Waals surface area contributed by atoms with Gasteiger partial charge >= 0.3 is 0 Å². The number of alkyl halides is 2. The number of hydrogen-bond acceptors (Lipinski definition) is 2. The highest BCUT2D eigenvalue weighted by molar-refractivity contribution is 5.66. The van der Waals surface area contributed by atoms with Crippen LogP contribution in [-0.4, -0.2) is 9.78 Å². The third kappa shape index (κ3) is 1.76. The summed E-state index contributed by atoms with van der Waals surface area (Å²) in [6.45, 7) is 0. The zero-order valence-electron chi connectivity index (χ0n) is 8.69. The Balaban J connectivity index is 2.55. The van der Waals surface area contributed by atoms with Crippen LogP contribution in [0, 0.1) is 0 Å². The van der Waals surface area contributed by atoms with Crippen molar-refractivity contribution >= 4 is 5.82 Å². The van der Waals surface area contributed by atoms with Gasteiger partial charge in [-0.3, -0.25) is 4.68 Å². The maximum atomic E-state index is 12.8. The summed E-state index contributed by atoms with van der Waals surface area (Å²) >= 11 is 0. The molecule has 1 heterocycles. The van der Waals surface area contributed by atoms with E-state index in [1.807, 2.05) is 0 Å². The summed E-state index contributed by atoms with van der Waals surface area (Å²) in [6.07, 6.45) is -2.51. The number of aromatic nitrogens is 2. The molecule has 0 atom stereocenters. The van der Waals surface area contributed by atoms with Crippen LogP contribution < -0.4 is 5.73 Å². The van der Waals surface area contributed by atoms with Crippen LogP contribution in [0.3, 0.4) is 0 Å². The van der Waals surface area contributed by atoms with Gasteiger partial charge in [0, 0.05) is 24.2 Å². The number of nitrogens with two attached hydrogens (primary N) is 1. The first-order valence-electron chi connectivity index (χ1n) is 4.76. The molecule has 2 aromatic rings. The lowest BCUT2D eigenvalue weighted by Crippen LogP contribution is -1.97. The summed E-state index contributed by atoms with van der Waals surface area (Å²) in [5.74, 6) is 0.444. The Kier molecular flexibility index (Phi) is 2.60. The quantitative estimate of drug-likeness (QED) is 0.850. The molecule has 1 aromatic carbocycles. The van der Waals surface area contributed by atoms with Crippen molar-refractivity contribution in [2.75, 3.05) is 5.73 Å². The number of nitrogen functional groups attached to an aromatic ring is 1. The second kappa shape index (κ2) is 3.92. The summed E-state index contributed by atoms with van der Waals surface area (Å²) in [5.41, 5.74) is 6.48. The molecule has 0 bridgehead atoms. The first kappa shape index (κ1) is 10.6. The zero-order chi connectivity index (χ0) is 11.7. The minimum atomic E-state index is -2.51. The lowest BCUT2D eigenvalue weighted by atomic mass is 10.1. The van der Waals surface area contributed by atoms with Crippen molar-refractivity contribution in [3.8, 4) is 11.3 Å². The molecule has 2 rings (SSSR count). The first-order chi connectivity index (χ1) is 7.59. The maximum Gasteiger partial charge on any atom is 0.264 e. The number of halogens is 2. The monoisotopic (exact) mass is 223 g/mol. The molecule has 1 aromatic heterocycles. The molecular weight excluding hydrogens is 212 g/mol. The molecule has 0 spiro atoms. The molecule has 5 heteroatoms. The number of benzene rings is 1. The molecule has 0 saturated heterocycles. The van der Waals surface area contributed by atoms with Crippen molar-refractivity contribution < 1.29 is 8.78 Å². The van der Waals surface area contributed by atoms with Crippen molar-refractivity contribution in [1.82, 2.24) is 9.78 Å². The van der Waals surface area contributed by atoms with Gasteiger partial charge in [0.05, 0.1) is 5.69 Å². The number of aryl methyl sites for hydroxylation is 1. The normalized spacial score (nSPS) is 11.0. The molecule has 84 valence electrons. The van der Waals surface area contributed by atoms with E-state index in [0.29, 0.717) is 17.1 Å². The molecule has 0 unspecified atom stereocenters. The highest BCUT2D eigenvalue weighted by Crippen LogP contribution is 2.30. The lowest BCUT2D eigenvalue weighted by Gasteiger charge is -2.05. The number of nitrogens with zero attached hydrogens (tertiary/aromatic N) is 2. The van der Waals surface area contributed by atoms with Crippen LogP contribution in [0.1, 0.15) is 12.0 Å². The van der Waals surface area contributed by atoms with Gasteiger partial charge in [-0.1, -0.05) is 24.3 Å². The van der Waals surface area contributed by atoms with E-state index in [4.69, 9.17) is 5.73 Å². The second-order valence-corrected chi connectivity index (χ2v) is 3.47. The van der Waals surface area contributed by atoms with E-state index in [-0.39, 0.29) is 5.56 Å². The summed E-state index contributed by atoms with van der Waals surface area (Å²) in [6, 6.07) is 7.87. The smallest absolute Gasteiger partial charge is 0.264 e. The fourth-order valence-electron chi connectivity index (χ4n) is 1.53. The molecule has 0 fully saturated rings. The molecule has 0 saturated carbocycles. The van der Waals surface area contributed by atoms with E-state index in [1.165, 1.54) is 10.7 Å². The Labute approximate surface area is 91.5 Å². The molecule has 3 nitrogen and oxygen atoms in total. The minimum absolute atomic E-state index is 0.0272. The predicted octanol–water partition coefficient (Wildman–Crippen LogP) is 2.61. The Hall–Kier alpha value is -1.91. The van der Waals surface area contributed by atoms with Crippen LogP contribution in [0.4, 0.5) is 14.6 Å². The second-order valence-electron chi connectivity index (χ2n) is 3.47. The summed E-state index contributed by atoms with van der Waals surface area (Å²) in [5, 5.41) is 4.08. The lowest BCUT2D eigenvalue weighted by molar-refractivity contribution is 0.152. The molecule has 0 radical (unpaired) electrons. The van der Waals surface area contributed by atoms with Gasteiger partial charge in [-0.15, -0.1) is 0 Å². The van der Waals surface area contributed by atoms with E-state index in [9.17, 15) is 8.78 Å². The molecule has 0 aliphatic carbocycles. The topological polar surface area (TPSA) is 43.8 Å². The largest absolute Gasteiger partial charge is 0.384 e. The van der Waals surface area contributed by atoms with E-state index in [1.54, 1.807) is 31.3 Å². The molecule has 0 amide bonds. The Morgan fingerprint density at radius 1 is 1.31 bits per heavy atom. The van der Waals surface area contributed by atoms with E-state index in [2.05, 4.69) is 5.10 Å². The number of hydrogen-bond donors (Lipinski definition) is 1. The van der Waals surface area contributed by atoms with E-state index < -0.39 is 6.43 Å². The fourth-order valence-corrected chi connectivity index (χ4v) is 1.53. The Morgan fingerprint density at radius 2 is 2.00 bits per heavy atom. The van der Waals surface area contributed by atoms with Crippen molar-refractivity contribution in [1.29, 1.82) is 0 Å². The van der Waals surface area contributed by atoms with Crippen molar-refractivity contribution in [3.05, 3.63) is 35.9 Å². The third-order valence-electron chi connectivity index (χ3n) is 2.39. The summed E-state index contributed by atoms with van der Waals surface area (Å²) in [4.78, 5) is 0. The molecule has 0 aliphatic heterocycles. The van der Waals surface area contributed by atoms with Crippen molar-refractivity contribution in [3.63, 3.8) is 0 Å². The van der Waals surface area contributed by atoms with Crippen LogP contribution in [0.15, 0.2) is 30.3 Å². The molecular formula is C11H11F2N3. The van der Waals surface area contributed by atoms with Crippen LogP contribution >= 0.6 is 0 Å². The number of rotatable bonds is 2. The standard InChI is InChI=1S/C11H11F2N3/c1-16-10(14)6-9(15-16)7-4-2-3-5-8(7)11(12)13/h2-6,11H,14H2,1H3. The fraction of sp³-hybridized carbons (Fsp3) is 0.182. The average Bonchev–Trinajstić information content (AvgIpc) is 2.59. The van der Waals surface area contributed by atoms with E-state index in [0.717, 1.165) is 0 Å². The number of anilines is 1. The Morgan fingerprint density at radius 3 is 2.56 bits per heavy atom. The van der Waals surface area contributed by atoms with Crippen molar-refractivity contribution in [2.24, 2.45) is 7.05 Å². The average molecular weight is 223 g/mol. The predicted molar refractivity (Wildman–Crippen MR) is 58.0 cm³/mol.